The molecule has 2 aromatic carbocycles. The number of nitrogens with zero attached hydrogens (tertiary/aromatic N) is 2. The minimum atomic E-state index is -0.767. The molecule has 1 atom stereocenters. The van der Waals surface area contributed by atoms with Gasteiger partial charge in [0.15, 0.2) is 6.04 Å². The number of hydrazine groups is 1. The summed E-state index contributed by atoms with van der Waals surface area (Å²) in [5, 5.41) is 4.10. The molecule has 7 heteroatoms. The van der Waals surface area contributed by atoms with Crippen molar-refractivity contribution in [2.24, 2.45) is 0 Å². The average molecular weight is 338 g/mol. The average Bonchev–Trinajstić information content (AvgIpc) is 3.15. The van der Waals surface area contributed by atoms with Crippen LogP contribution in [-0.2, 0) is 4.79 Å². The molecule has 126 valence electrons. The third-order valence-corrected chi connectivity index (χ3v) is 3.57. The largest absolute Gasteiger partial charge is 0.272 e. The van der Waals surface area contributed by atoms with E-state index in [1.165, 1.54) is 28.9 Å². The number of hydrogen-bond acceptors (Lipinski definition) is 3. The topological polar surface area (TPSA) is 76.0 Å². The van der Waals surface area contributed by atoms with Crippen LogP contribution in [0.3, 0.4) is 0 Å². The fraction of sp³-hybridized carbons (Fsp3) is 0.0556. The first kappa shape index (κ1) is 16.4. The van der Waals surface area contributed by atoms with E-state index in [4.69, 9.17) is 0 Å². The number of carbonyl (C=O) groups is 2. The van der Waals surface area contributed by atoms with Crippen LogP contribution in [0.15, 0.2) is 73.1 Å². The minimum absolute atomic E-state index is 0.154. The Balaban J connectivity index is 1.76. The van der Waals surface area contributed by atoms with Gasteiger partial charge in [0.2, 0.25) is 0 Å². The second-order valence-corrected chi connectivity index (χ2v) is 5.22. The fourth-order valence-electron chi connectivity index (χ4n) is 2.39. The Kier molecular flexibility index (Phi) is 4.84. The summed E-state index contributed by atoms with van der Waals surface area (Å²) in [6.45, 7) is 0. The van der Waals surface area contributed by atoms with Crippen LogP contribution in [0.2, 0.25) is 0 Å². The summed E-state index contributed by atoms with van der Waals surface area (Å²) in [6, 6.07) is 15.5. The fourth-order valence-corrected chi connectivity index (χ4v) is 2.39. The van der Waals surface area contributed by atoms with E-state index < -0.39 is 23.7 Å². The second kappa shape index (κ2) is 7.39. The number of carbonyl (C=O) groups excluding carboxylic acids is 2. The van der Waals surface area contributed by atoms with Gasteiger partial charge < -0.3 is 0 Å². The van der Waals surface area contributed by atoms with Crippen molar-refractivity contribution < 1.29 is 14.0 Å². The lowest BCUT2D eigenvalue weighted by atomic mass is 10.1. The van der Waals surface area contributed by atoms with Crippen molar-refractivity contribution in [1.29, 1.82) is 0 Å². The van der Waals surface area contributed by atoms with Gasteiger partial charge in [-0.25, -0.2) is 4.39 Å². The lowest BCUT2D eigenvalue weighted by Gasteiger charge is -2.18. The normalized spacial score (nSPS) is 11.6. The van der Waals surface area contributed by atoms with Crippen molar-refractivity contribution in [2.45, 2.75) is 6.04 Å². The maximum Gasteiger partial charge on any atom is 0.272 e. The van der Waals surface area contributed by atoms with Crippen molar-refractivity contribution in [2.75, 3.05) is 0 Å². The van der Waals surface area contributed by atoms with E-state index in [0.29, 0.717) is 5.56 Å². The van der Waals surface area contributed by atoms with E-state index in [1.807, 2.05) is 6.07 Å². The molecule has 6 nitrogen and oxygen atoms in total. The van der Waals surface area contributed by atoms with Crippen LogP contribution < -0.4 is 10.9 Å². The van der Waals surface area contributed by atoms with Crippen molar-refractivity contribution in [3.8, 4) is 0 Å². The summed E-state index contributed by atoms with van der Waals surface area (Å²) in [7, 11) is 0. The summed E-state index contributed by atoms with van der Waals surface area (Å²) in [6.07, 6.45) is 3.21. The van der Waals surface area contributed by atoms with Crippen LogP contribution in [0.5, 0.6) is 0 Å². The van der Waals surface area contributed by atoms with Gasteiger partial charge in [-0.2, -0.15) is 5.10 Å². The highest BCUT2D eigenvalue weighted by Crippen LogP contribution is 2.17. The predicted molar refractivity (Wildman–Crippen MR) is 88.8 cm³/mol. The Bertz CT molecular complexity index is 866. The molecule has 0 bridgehead atoms. The molecule has 0 aliphatic heterocycles. The molecule has 0 fully saturated rings. The number of hydrogen-bond donors (Lipinski definition) is 2. The van der Waals surface area contributed by atoms with Crippen molar-refractivity contribution >= 4 is 11.8 Å². The van der Waals surface area contributed by atoms with Gasteiger partial charge in [0.25, 0.3) is 11.8 Å². The van der Waals surface area contributed by atoms with Crippen LogP contribution in [0.25, 0.3) is 0 Å². The third-order valence-electron chi connectivity index (χ3n) is 3.57. The summed E-state index contributed by atoms with van der Waals surface area (Å²) >= 11 is 0. The number of halogens is 1. The number of nitrogens with one attached hydrogen (secondary N) is 2. The van der Waals surface area contributed by atoms with Gasteiger partial charge in [0, 0.05) is 12.4 Å². The Hall–Kier alpha value is -3.48. The van der Waals surface area contributed by atoms with E-state index in [2.05, 4.69) is 16.0 Å². The molecule has 2 amide bonds. The van der Waals surface area contributed by atoms with E-state index >= 15 is 0 Å². The maximum absolute atomic E-state index is 13.6. The zero-order valence-electron chi connectivity index (χ0n) is 13.1. The van der Waals surface area contributed by atoms with Gasteiger partial charge in [0.05, 0.1) is 5.56 Å². The van der Waals surface area contributed by atoms with Gasteiger partial charge >= 0.3 is 0 Å². The van der Waals surface area contributed by atoms with E-state index in [9.17, 15) is 14.0 Å². The van der Waals surface area contributed by atoms with Crippen molar-refractivity contribution in [3.05, 3.63) is 90.0 Å². The Morgan fingerprint density at radius 3 is 2.36 bits per heavy atom. The lowest BCUT2D eigenvalue weighted by molar-refractivity contribution is -0.124. The van der Waals surface area contributed by atoms with Crippen LogP contribution in [-0.4, -0.2) is 21.6 Å². The molecular weight excluding hydrogens is 323 g/mol. The summed E-state index contributed by atoms with van der Waals surface area (Å²) < 4.78 is 15.1. The lowest BCUT2D eigenvalue weighted by Crippen LogP contribution is -2.45. The highest BCUT2D eigenvalue weighted by molar-refractivity contribution is 5.96. The quantitative estimate of drug-likeness (QED) is 0.715. The SMILES string of the molecule is O=C(NNC(=O)[C@@H](c1ccccc1)n1cccn1)c1ccccc1F. The summed E-state index contributed by atoms with van der Waals surface area (Å²) in [5.41, 5.74) is 5.10. The molecule has 3 rings (SSSR count). The van der Waals surface area contributed by atoms with Crippen LogP contribution in [0.1, 0.15) is 22.0 Å². The molecule has 0 unspecified atom stereocenters. The first-order chi connectivity index (χ1) is 12.2. The highest BCUT2D eigenvalue weighted by atomic mass is 19.1. The number of aromatic nitrogens is 2. The van der Waals surface area contributed by atoms with Gasteiger partial charge in [-0.05, 0) is 23.8 Å². The molecule has 0 aliphatic rings. The minimum Gasteiger partial charge on any atom is -0.270 e. The molecule has 25 heavy (non-hydrogen) atoms. The predicted octanol–water partition coefficient (Wildman–Crippen LogP) is 2.07. The molecule has 1 heterocycles. The molecule has 2 N–H and O–H groups in total. The van der Waals surface area contributed by atoms with Gasteiger partial charge in [0.1, 0.15) is 5.82 Å². The smallest absolute Gasteiger partial charge is 0.270 e. The van der Waals surface area contributed by atoms with Crippen molar-refractivity contribution in [3.63, 3.8) is 0 Å². The Morgan fingerprint density at radius 1 is 0.960 bits per heavy atom. The van der Waals surface area contributed by atoms with Gasteiger partial charge in [-0.1, -0.05) is 42.5 Å². The maximum atomic E-state index is 13.6. The highest BCUT2D eigenvalue weighted by Gasteiger charge is 2.23. The molecular formula is C18H15FN4O2. The number of rotatable bonds is 4. The van der Waals surface area contributed by atoms with Gasteiger partial charge in [-0.3, -0.25) is 25.1 Å². The molecule has 0 spiro atoms. The first-order valence-corrected chi connectivity index (χ1v) is 7.55. The summed E-state index contributed by atoms with van der Waals surface area (Å²) in [4.78, 5) is 24.6. The Morgan fingerprint density at radius 2 is 1.68 bits per heavy atom. The third kappa shape index (κ3) is 3.72. The molecule has 0 aliphatic carbocycles. The van der Waals surface area contributed by atoms with E-state index in [0.717, 1.165) is 0 Å². The van der Waals surface area contributed by atoms with E-state index in [-0.39, 0.29) is 5.56 Å². The molecule has 0 saturated carbocycles. The number of amides is 2. The van der Waals surface area contributed by atoms with Gasteiger partial charge in [-0.15, -0.1) is 0 Å². The van der Waals surface area contributed by atoms with E-state index in [1.54, 1.807) is 42.7 Å². The zero-order chi connectivity index (χ0) is 17.6. The molecule has 0 saturated heterocycles. The number of benzene rings is 2. The zero-order valence-corrected chi connectivity index (χ0v) is 13.1. The van der Waals surface area contributed by atoms with Crippen LogP contribution in [0.4, 0.5) is 4.39 Å². The van der Waals surface area contributed by atoms with Crippen LogP contribution >= 0.6 is 0 Å². The summed E-state index contributed by atoms with van der Waals surface area (Å²) in [5.74, 6) is -1.90. The molecule has 0 radical (unpaired) electrons. The standard InChI is InChI=1S/C18H15FN4O2/c19-15-10-5-4-9-14(15)17(24)21-22-18(25)16(23-12-6-11-20-23)13-7-2-1-3-8-13/h1-12,16H,(H,21,24)(H,22,25)/t16-/m1/s1. The molecule has 3 aromatic rings. The molecule has 1 aromatic heterocycles. The van der Waals surface area contributed by atoms with Crippen LogP contribution in [0, 0.1) is 5.82 Å². The van der Waals surface area contributed by atoms with Crippen molar-refractivity contribution in [1.82, 2.24) is 20.6 Å². The second-order valence-electron chi connectivity index (χ2n) is 5.22. The monoisotopic (exact) mass is 338 g/mol. The first-order valence-electron chi connectivity index (χ1n) is 7.55. The Labute approximate surface area is 143 Å².